The summed E-state index contributed by atoms with van der Waals surface area (Å²) in [7, 11) is 0. The summed E-state index contributed by atoms with van der Waals surface area (Å²) < 4.78 is 60.8. The molecule has 0 aliphatic carbocycles. The predicted octanol–water partition coefficient (Wildman–Crippen LogP) is 16.5. The van der Waals surface area contributed by atoms with Crippen LogP contribution in [0.1, 0.15) is 18.0 Å². The van der Waals surface area contributed by atoms with Gasteiger partial charge in [-0.15, -0.1) is 0 Å². The van der Waals surface area contributed by atoms with Crippen LogP contribution in [0, 0.1) is 20.1 Å². The summed E-state index contributed by atoms with van der Waals surface area (Å²) in [5.74, 6) is 1.14. The van der Waals surface area contributed by atoms with Crippen LogP contribution in [0.5, 0.6) is 11.5 Å². The molecule has 0 radical (unpaired) electrons. The Morgan fingerprint density at radius 2 is 1.01 bits per heavy atom. The molecule has 5 aromatic heterocycles. The van der Waals surface area contributed by atoms with Crippen LogP contribution >= 0.6 is 0 Å². The molecule has 15 aromatic rings. The highest BCUT2D eigenvalue weighted by Gasteiger charge is 2.21. The molecular formula is C68H46N6O. The topological polar surface area (TPSA) is 45.7 Å². The molecule has 5 heterocycles. The molecule has 0 saturated heterocycles. The zero-order valence-corrected chi connectivity index (χ0v) is 40.5. The van der Waals surface area contributed by atoms with E-state index in [0.717, 1.165) is 77.7 Å². The first-order valence-electron chi connectivity index (χ1n) is 27.5. The third-order valence-corrected chi connectivity index (χ3v) is 14.7. The lowest BCUT2D eigenvalue weighted by Gasteiger charge is -2.16. The fourth-order valence-electron chi connectivity index (χ4n) is 11.3. The van der Waals surface area contributed by atoms with E-state index in [4.69, 9.17) is 10.2 Å². The van der Waals surface area contributed by atoms with Crippen LogP contribution in [0.25, 0.3) is 116 Å². The van der Waals surface area contributed by atoms with Gasteiger partial charge in [-0.25, -0.2) is 4.98 Å². The number of pyridine rings is 1. The monoisotopic (exact) mass is 967 g/mol. The van der Waals surface area contributed by atoms with Gasteiger partial charge < -0.3 is 13.9 Å². The number of imidazole rings is 1. The number of benzene rings is 10. The van der Waals surface area contributed by atoms with Crippen molar-refractivity contribution in [2.24, 2.45) is 0 Å². The van der Waals surface area contributed by atoms with Gasteiger partial charge in [-0.3, -0.25) is 13.7 Å². The average molecular weight is 968 g/mol. The van der Waals surface area contributed by atoms with Crippen molar-refractivity contribution in [2.75, 3.05) is 0 Å². The van der Waals surface area contributed by atoms with Crippen LogP contribution in [-0.2, 0) is 0 Å². The fourth-order valence-corrected chi connectivity index (χ4v) is 11.3. The molecule has 0 aliphatic rings. The number of rotatable bonds is 8. The van der Waals surface area contributed by atoms with E-state index in [0.29, 0.717) is 22.5 Å². The number of nitrogens with zero attached hydrogens (tertiary/aromatic N) is 6. The van der Waals surface area contributed by atoms with Crippen LogP contribution in [0.2, 0.25) is 0 Å². The number of ether oxygens (including phenoxy) is 1. The minimum Gasteiger partial charge on any atom is -0.458 e. The van der Waals surface area contributed by atoms with E-state index >= 15 is 0 Å². The quantitative estimate of drug-likeness (QED) is 0.113. The highest BCUT2D eigenvalue weighted by atomic mass is 16.5. The number of fused-ring (bicyclic) bond motifs is 10. The lowest BCUT2D eigenvalue weighted by molar-refractivity contribution is -0.572. The van der Waals surface area contributed by atoms with Crippen molar-refractivity contribution in [1.82, 2.24) is 23.3 Å². The summed E-state index contributed by atoms with van der Waals surface area (Å²) in [5.41, 5.74) is 13.5. The van der Waals surface area contributed by atoms with Crippen LogP contribution < -0.4 is 9.30 Å². The molecule has 0 fully saturated rings. The average Bonchev–Trinajstić information content (AvgIpc) is 4.34. The third-order valence-electron chi connectivity index (χ3n) is 14.7. The van der Waals surface area contributed by atoms with Gasteiger partial charge in [0.05, 0.1) is 58.2 Å². The predicted molar refractivity (Wildman–Crippen MR) is 306 cm³/mol. The van der Waals surface area contributed by atoms with Gasteiger partial charge in [0.1, 0.15) is 17.3 Å². The lowest BCUT2D eigenvalue weighted by Crippen LogP contribution is -2.30. The SMILES string of the molecule is [2H]c1nc(-n2c3ccc(-c4ccccc4)cc3c3ccc(Oc4cccc(-n5[c-][n+](-c6cc(-n7c8ccccc8c8ccccc87)cc(-n7c8ccccc8c8ccccc87)c6)c6ccccc65)c4)cc32)c([2H])c(C([2H])([2H])[2H])c1C. The second-order valence-corrected chi connectivity index (χ2v) is 19.1. The smallest absolute Gasteiger partial charge is 0.269 e. The third kappa shape index (κ3) is 6.82. The zero-order valence-electron chi connectivity index (χ0n) is 45.5. The molecule has 0 aliphatic heterocycles. The van der Waals surface area contributed by atoms with Crippen molar-refractivity contribution in [2.45, 2.75) is 13.8 Å². The summed E-state index contributed by atoms with van der Waals surface area (Å²) in [6.45, 7) is -1.09. The van der Waals surface area contributed by atoms with Gasteiger partial charge >= 0.3 is 0 Å². The molecule has 0 amide bonds. The highest BCUT2D eigenvalue weighted by Crippen LogP contribution is 2.40. The Bertz CT molecular complexity index is 4790. The molecule has 7 nitrogen and oxygen atoms in total. The Balaban J connectivity index is 0.881. The molecule has 75 heavy (non-hydrogen) atoms. The van der Waals surface area contributed by atoms with E-state index in [2.05, 4.69) is 181 Å². The van der Waals surface area contributed by atoms with Crippen molar-refractivity contribution in [3.63, 3.8) is 0 Å². The molecule has 0 atom stereocenters. The Kier molecular flexibility index (Phi) is 8.46. The maximum absolute atomic E-state index is 9.33. The van der Waals surface area contributed by atoms with E-state index in [1.54, 1.807) is 11.5 Å². The number of hydrogen-bond donors (Lipinski definition) is 0. The highest BCUT2D eigenvalue weighted by molar-refractivity contribution is 6.12. The summed E-state index contributed by atoms with van der Waals surface area (Å²) in [5, 5.41) is 6.46. The van der Waals surface area contributed by atoms with Crippen molar-refractivity contribution in [3.8, 4) is 51.2 Å². The molecule has 0 spiro atoms. The van der Waals surface area contributed by atoms with Crippen LogP contribution in [0.15, 0.2) is 243 Å². The van der Waals surface area contributed by atoms with E-state index in [1.165, 1.54) is 21.5 Å². The fraction of sp³-hybridized carbons (Fsp3) is 0.0294. The Morgan fingerprint density at radius 3 is 1.67 bits per heavy atom. The molecule has 7 heteroatoms. The number of para-hydroxylation sites is 6. The summed E-state index contributed by atoms with van der Waals surface area (Å²) in [4.78, 5) is 4.60. The number of aromatic nitrogens is 6. The summed E-state index contributed by atoms with van der Waals surface area (Å²) in [6.07, 6.45) is 3.60. The van der Waals surface area contributed by atoms with E-state index in [1.807, 2.05) is 78.9 Å². The number of hydrogen-bond acceptors (Lipinski definition) is 2. The van der Waals surface area contributed by atoms with E-state index < -0.39 is 6.85 Å². The van der Waals surface area contributed by atoms with Crippen LogP contribution in [0.3, 0.4) is 0 Å². The normalized spacial score (nSPS) is 13.0. The van der Waals surface area contributed by atoms with Gasteiger partial charge in [0.25, 0.3) is 6.33 Å². The van der Waals surface area contributed by atoms with Gasteiger partial charge in [-0.2, -0.15) is 0 Å². The summed E-state index contributed by atoms with van der Waals surface area (Å²) >= 11 is 0. The Morgan fingerprint density at radius 1 is 0.440 bits per heavy atom. The summed E-state index contributed by atoms with van der Waals surface area (Å²) in [6, 6.07) is 79.2. The van der Waals surface area contributed by atoms with Gasteiger partial charge in [0.15, 0.2) is 0 Å². The van der Waals surface area contributed by atoms with Crippen LogP contribution in [0.4, 0.5) is 0 Å². The first kappa shape index (κ1) is 37.7. The first-order valence-corrected chi connectivity index (χ1v) is 25.0. The lowest BCUT2D eigenvalue weighted by atomic mass is 10.0. The standard InChI is InChI=1S/C68H46N6O/c1-44-35-68(69-42-45(44)2)74-64-34-31-47(46-17-4-3-5-18-46)36-59(64)58-33-32-53(41-67(58)74)75-52-20-16-19-48(40-52)70-43-71(66-30-15-14-29-65(66)70)49-37-50(72-60-25-10-6-21-54(60)55-22-7-11-26-61(55)72)39-51(38-49)73-62-27-12-8-23-56(62)57-24-9-13-28-63(57)73/h3-42H,1-2H3/i1D3,35D,42D. The first-order chi connectivity index (χ1) is 39.1. The Hall–Kier alpha value is -9.98. The maximum Gasteiger partial charge on any atom is 0.269 e. The van der Waals surface area contributed by atoms with Gasteiger partial charge in [0.2, 0.25) is 0 Å². The van der Waals surface area contributed by atoms with E-state index in [9.17, 15) is 1.37 Å². The maximum atomic E-state index is 9.33. The van der Waals surface area contributed by atoms with Crippen molar-refractivity contribution >= 4 is 76.5 Å². The second-order valence-electron chi connectivity index (χ2n) is 19.1. The molecular weight excluding hydrogens is 917 g/mol. The molecule has 354 valence electrons. The van der Waals surface area contributed by atoms with Crippen molar-refractivity contribution in [3.05, 3.63) is 260 Å². The van der Waals surface area contributed by atoms with E-state index in [-0.39, 0.29) is 29.2 Å². The molecule has 0 bridgehead atoms. The van der Waals surface area contributed by atoms with Crippen molar-refractivity contribution in [1.29, 1.82) is 0 Å². The molecule has 0 saturated carbocycles. The Labute approximate surface area is 439 Å². The zero-order chi connectivity index (χ0) is 54.0. The van der Waals surface area contributed by atoms with Gasteiger partial charge in [0, 0.05) is 60.0 Å². The molecule has 0 N–H and O–H groups in total. The molecule has 10 aromatic carbocycles. The minimum absolute atomic E-state index is 0.0597. The molecule has 0 unspecified atom stereocenters. The second kappa shape index (κ2) is 16.8. The minimum atomic E-state index is -2.64. The largest absolute Gasteiger partial charge is 0.458 e. The van der Waals surface area contributed by atoms with Gasteiger partial charge in [-0.1, -0.05) is 140 Å². The van der Waals surface area contributed by atoms with Crippen LogP contribution in [-0.4, -0.2) is 23.3 Å². The van der Waals surface area contributed by atoms with Crippen molar-refractivity contribution < 1.29 is 16.2 Å². The van der Waals surface area contributed by atoms with Gasteiger partial charge in [-0.05, 0) is 127 Å². The molecule has 15 rings (SSSR count).